The maximum Gasteiger partial charge on any atom is 0.258 e. The van der Waals surface area contributed by atoms with E-state index in [-0.39, 0.29) is 11.9 Å². The summed E-state index contributed by atoms with van der Waals surface area (Å²) in [7, 11) is 0. The van der Waals surface area contributed by atoms with Crippen LogP contribution in [-0.2, 0) is 17.6 Å². The summed E-state index contributed by atoms with van der Waals surface area (Å²) in [5, 5.41) is 7.02. The monoisotopic (exact) mass is 348 g/mol. The number of hydrazine groups is 1. The predicted molar refractivity (Wildman–Crippen MR) is 103 cm³/mol. The molecule has 2 unspecified atom stereocenters. The Kier molecular flexibility index (Phi) is 3.80. The smallest absolute Gasteiger partial charge is 0.258 e. The normalized spacial score (nSPS) is 25.0. The molecule has 1 saturated heterocycles. The maximum atomic E-state index is 12.4. The lowest BCUT2D eigenvalue weighted by molar-refractivity contribution is -0.122. The summed E-state index contributed by atoms with van der Waals surface area (Å²) >= 11 is 0. The van der Waals surface area contributed by atoms with Crippen LogP contribution in [0.4, 0.5) is 0 Å². The Balaban J connectivity index is 1.34. The van der Waals surface area contributed by atoms with Gasteiger partial charge in [0, 0.05) is 11.6 Å². The Morgan fingerprint density at radius 3 is 2.73 bits per heavy atom. The lowest BCUT2D eigenvalue weighted by atomic mass is 9.98. The van der Waals surface area contributed by atoms with E-state index in [9.17, 15) is 4.79 Å². The minimum absolute atomic E-state index is 0.0640. The van der Waals surface area contributed by atoms with E-state index < -0.39 is 0 Å². The first kappa shape index (κ1) is 16.0. The zero-order valence-electron chi connectivity index (χ0n) is 15.0. The standard InChI is InChI=1S/C21H24N4O/c1-12(22-25-21(26)19-11-18(23-24-19)13-5-6-13)16-10-9-15-8-7-14-3-2-4-17(16)20(14)15/h2-4,9-10,13,18-19,23-24H,5-8,11H2,1H3,(H,25,26)/b22-12+. The minimum Gasteiger partial charge on any atom is -0.271 e. The average molecular weight is 348 g/mol. The Morgan fingerprint density at radius 1 is 1.12 bits per heavy atom. The van der Waals surface area contributed by atoms with E-state index >= 15 is 0 Å². The van der Waals surface area contributed by atoms with Gasteiger partial charge in [-0.3, -0.25) is 10.2 Å². The fraction of sp³-hybridized carbons (Fsp3) is 0.429. The van der Waals surface area contributed by atoms with Gasteiger partial charge >= 0.3 is 0 Å². The average Bonchev–Trinajstić information content (AvgIpc) is 3.24. The second kappa shape index (κ2) is 6.18. The van der Waals surface area contributed by atoms with Crippen LogP contribution in [0.3, 0.4) is 0 Å². The molecule has 2 aromatic carbocycles. The molecule has 1 amide bonds. The fourth-order valence-corrected chi connectivity index (χ4v) is 4.40. The third kappa shape index (κ3) is 2.72. The highest BCUT2D eigenvalue weighted by molar-refractivity contribution is 6.11. The zero-order chi connectivity index (χ0) is 17.7. The van der Waals surface area contributed by atoms with Crippen molar-refractivity contribution >= 4 is 22.4 Å². The molecule has 1 saturated carbocycles. The van der Waals surface area contributed by atoms with Crippen molar-refractivity contribution in [3.05, 3.63) is 47.0 Å². The maximum absolute atomic E-state index is 12.4. The van der Waals surface area contributed by atoms with Gasteiger partial charge in [0.05, 0.1) is 5.71 Å². The molecule has 2 aliphatic carbocycles. The second-order valence-corrected chi connectivity index (χ2v) is 7.81. The molecule has 5 nitrogen and oxygen atoms in total. The number of hydrazone groups is 1. The Labute approximate surface area is 153 Å². The van der Waals surface area contributed by atoms with Crippen molar-refractivity contribution in [2.45, 2.75) is 51.1 Å². The van der Waals surface area contributed by atoms with Gasteiger partial charge in [0.25, 0.3) is 5.91 Å². The fourth-order valence-electron chi connectivity index (χ4n) is 4.40. The molecule has 26 heavy (non-hydrogen) atoms. The molecule has 5 heteroatoms. The molecule has 5 rings (SSSR count). The molecule has 0 aromatic heterocycles. The summed E-state index contributed by atoms with van der Waals surface area (Å²) in [6, 6.07) is 11.1. The van der Waals surface area contributed by atoms with E-state index in [1.807, 2.05) is 6.92 Å². The van der Waals surface area contributed by atoms with Crippen molar-refractivity contribution in [2.75, 3.05) is 0 Å². The zero-order valence-corrected chi connectivity index (χ0v) is 15.0. The number of amides is 1. The number of benzene rings is 2. The third-order valence-electron chi connectivity index (χ3n) is 6.04. The van der Waals surface area contributed by atoms with Gasteiger partial charge in [-0.2, -0.15) is 5.10 Å². The molecule has 1 aliphatic heterocycles. The highest BCUT2D eigenvalue weighted by Gasteiger charge is 2.38. The third-order valence-corrected chi connectivity index (χ3v) is 6.04. The second-order valence-electron chi connectivity index (χ2n) is 7.81. The first-order valence-corrected chi connectivity index (χ1v) is 9.60. The number of hydrogen-bond donors (Lipinski definition) is 3. The van der Waals surface area contributed by atoms with Crippen LogP contribution in [-0.4, -0.2) is 23.7 Å². The van der Waals surface area contributed by atoms with Crippen LogP contribution >= 0.6 is 0 Å². The van der Waals surface area contributed by atoms with Crippen LogP contribution in [0, 0.1) is 5.92 Å². The van der Waals surface area contributed by atoms with Gasteiger partial charge in [-0.25, -0.2) is 10.9 Å². The van der Waals surface area contributed by atoms with Crippen molar-refractivity contribution in [1.82, 2.24) is 16.3 Å². The molecule has 2 fully saturated rings. The van der Waals surface area contributed by atoms with Gasteiger partial charge < -0.3 is 0 Å². The number of aryl methyl sites for hydroxylation is 2. The van der Waals surface area contributed by atoms with Crippen LogP contribution in [0.15, 0.2) is 35.4 Å². The van der Waals surface area contributed by atoms with Crippen molar-refractivity contribution in [2.24, 2.45) is 11.0 Å². The topological polar surface area (TPSA) is 65.5 Å². The lowest BCUT2D eigenvalue weighted by Crippen LogP contribution is -2.42. The van der Waals surface area contributed by atoms with Crippen molar-refractivity contribution < 1.29 is 4.79 Å². The molecule has 0 radical (unpaired) electrons. The molecule has 1 heterocycles. The van der Waals surface area contributed by atoms with Crippen LogP contribution in [0.2, 0.25) is 0 Å². The summed E-state index contributed by atoms with van der Waals surface area (Å²) in [4.78, 5) is 12.4. The van der Waals surface area contributed by atoms with Crippen molar-refractivity contribution in [1.29, 1.82) is 0 Å². The van der Waals surface area contributed by atoms with Crippen molar-refractivity contribution in [3.63, 3.8) is 0 Å². The minimum atomic E-state index is -0.204. The summed E-state index contributed by atoms with van der Waals surface area (Å²) in [6.45, 7) is 1.96. The van der Waals surface area contributed by atoms with Crippen LogP contribution in [0.1, 0.15) is 42.9 Å². The Morgan fingerprint density at radius 2 is 1.92 bits per heavy atom. The van der Waals surface area contributed by atoms with Gasteiger partial charge in [0.1, 0.15) is 6.04 Å². The summed E-state index contributed by atoms with van der Waals surface area (Å²) in [6.07, 6.45) is 5.62. The van der Waals surface area contributed by atoms with Crippen LogP contribution < -0.4 is 16.3 Å². The largest absolute Gasteiger partial charge is 0.271 e. The van der Waals surface area contributed by atoms with E-state index in [4.69, 9.17) is 0 Å². The molecular formula is C21H24N4O. The van der Waals surface area contributed by atoms with E-state index in [2.05, 4.69) is 51.7 Å². The Bertz CT molecular complexity index is 905. The predicted octanol–water partition coefficient (Wildman–Crippen LogP) is 2.42. The van der Waals surface area contributed by atoms with Crippen molar-refractivity contribution in [3.8, 4) is 0 Å². The summed E-state index contributed by atoms with van der Waals surface area (Å²) in [5.41, 5.74) is 13.9. The number of carbonyl (C=O) groups excluding carboxylic acids is 1. The first-order chi connectivity index (χ1) is 12.7. The van der Waals surface area contributed by atoms with E-state index in [0.717, 1.165) is 36.5 Å². The molecule has 3 aliphatic rings. The number of nitrogens with one attached hydrogen (secondary N) is 3. The number of nitrogens with zero attached hydrogens (tertiary/aromatic N) is 1. The number of carbonyl (C=O) groups is 1. The molecule has 2 atom stereocenters. The van der Waals surface area contributed by atoms with Gasteiger partial charge in [-0.1, -0.05) is 30.3 Å². The van der Waals surface area contributed by atoms with Crippen LogP contribution in [0.5, 0.6) is 0 Å². The van der Waals surface area contributed by atoms with Crippen LogP contribution in [0.25, 0.3) is 10.8 Å². The molecule has 0 bridgehead atoms. The molecule has 2 aromatic rings. The lowest BCUT2D eigenvalue weighted by Gasteiger charge is -2.10. The number of hydrogen-bond acceptors (Lipinski definition) is 4. The quantitative estimate of drug-likeness (QED) is 0.587. The van der Waals surface area contributed by atoms with E-state index in [1.165, 1.54) is 34.7 Å². The molecular weight excluding hydrogens is 324 g/mol. The summed E-state index contributed by atoms with van der Waals surface area (Å²) in [5.74, 6) is 0.671. The van der Waals surface area contributed by atoms with Gasteiger partial charge in [-0.15, -0.1) is 0 Å². The number of rotatable bonds is 4. The van der Waals surface area contributed by atoms with E-state index in [0.29, 0.717) is 6.04 Å². The van der Waals surface area contributed by atoms with E-state index in [1.54, 1.807) is 0 Å². The van der Waals surface area contributed by atoms with Gasteiger partial charge in [0.2, 0.25) is 0 Å². The first-order valence-electron chi connectivity index (χ1n) is 9.60. The molecule has 0 spiro atoms. The highest BCUT2D eigenvalue weighted by atomic mass is 16.2. The van der Waals surface area contributed by atoms with Gasteiger partial charge in [-0.05, 0) is 66.8 Å². The highest BCUT2D eigenvalue weighted by Crippen LogP contribution is 2.35. The van der Waals surface area contributed by atoms with Gasteiger partial charge in [0.15, 0.2) is 0 Å². The molecule has 3 N–H and O–H groups in total. The SMILES string of the molecule is C/C(=N\NC(=O)C1CC(C2CC2)NN1)c1ccc2c3c(cccc13)CC2. The Hall–Kier alpha value is -2.24. The summed E-state index contributed by atoms with van der Waals surface area (Å²) < 4.78 is 0. The molecule has 134 valence electrons.